The van der Waals surface area contributed by atoms with Crippen LogP contribution < -0.4 is 4.90 Å². The number of carbonyl (C=O) groups excluding carboxylic acids is 1. The van der Waals surface area contributed by atoms with E-state index in [-0.39, 0.29) is 5.92 Å². The first-order valence-electron chi connectivity index (χ1n) is 9.11. The van der Waals surface area contributed by atoms with Crippen LogP contribution in [0.4, 0.5) is 5.82 Å². The lowest BCUT2D eigenvalue weighted by atomic mass is 10.1. The third-order valence-corrected chi connectivity index (χ3v) is 5.25. The van der Waals surface area contributed by atoms with Crippen molar-refractivity contribution in [1.82, 2.24) is 15.1 Å². The summed E-state index contributed by atoms with van der Waals surface area (Å²) in [5.74, 6) is 1.82. The van der Waals surface area contributed by atoms with Crippen LogP contribution in [0.15, 0.2) is 42.5 Å². The number of hydrogen-bond donors (Lipinski definition) is 0. The van der Waals surface area contributed by atoms with E-state index >= 15 is 0 Å². The lowest BCUT2D eigenvalue weighted by molar-refractivity contribution is -0.132. The first kappa shape index (κ1) is 16.1. The molecule has 0 radical (unpaired) electrons. The van der Waals surface area contributed by atoms with Gasteiger partial charge >= 0.3 is 0 Å². The highest BCUT2D eigenvalue weighted by molar-refractivity contribution is 5.83. The average Bonchev–Trinajstić information content (AvgIpc) is 3.46. The molecule has 1 aromatic heterocycles. The fourth-order valence-corrected chi connectivity index (χ4v) is 3.70. The van der Waals surface area contributed by atoms with Gasteiger partial charge < -0.3 is 9.80 Å². The molecular weight excluding hydrogens is 312 g/mol. The van der Waals surface area contributed by atoms with Gasteiger partial charge in [-0.1, -0.05) is 30.3 Å². The third-order valence-electron chi connectivity index (χ3n) is 5.25. The fourth-order valence-electron chi connectivity index (χ4n) is 3.70. The number of carbonyl (C=O) groups is 1. The predicted molar refractivity (Wildman–Crippen MR) is 97.5 cm³/mol. The summed E-state index contributed by atoms with van der Waals surface area (Å²) in [6, 6.07) is 14.4. The Labute approximate surface area is 148 Å². The minimum absolute atomic E-state index is 0.174. The van der Waals surface area contributed by atoms with Crippen LogP contribution >= 0.6 is 0 Å². The van der Waals surface area contributed by atoms with E-state index in [1.54, 1.807) is 0 Å². The smallest absolute Gasteiger partial charge is 0.226 e. The van der Waals surface area contributed by atoms with E-state index in [4.69, 9.17) is 0 Å². The number of rotatable bonds is 3. The molecule has 25 heavy (non-hydrogen) atoms. The van der Waals surface area contributed by atoms with Crippen molar-refractivity contribution < 1.29 is 4.79 Å². The third kappa shape index (κ3) is 3.50. The molecule has 0 bridgehead atoms. The van der Waals surface area contributed by atoms with Gasteiger partial charge in [0.15, 0.2) is 5.82 Å². The highest BCUT2D eigenvalue weighted by Crippen LogP contribution is 2.48. The van der Waals surface area contributed by atoms with Crippen molar-refractivity contribution in [1.29, 1.82) is 0 Å². The Morgan fingerprint density at radius 3 is 2.60 bits per heavy atom. The Hall–Kier alpha value is -2.43. The number of benzene rings is 1. The molecule has 2 atom stereocenters. The maximum absolute atomic E-state index is 12.9. The van der Waals surface area contributed by atoms with Crippen LogP contribution in [0.3, 0.4) is 0 Å². The van der Waals surface area contributed by atoms with E-state index in [1.807, 2.05) is 25.1 Å². The van der Waals surface area contributed by atoms with Crippen molar-refractivity contribution in [2.45, 2.75) is 25.7 Å². The van der Waals surface area contributed by atoms with Gasteiger partial charge in [-0.3, -0.25) is 4.79 Å². The first-order valence-corrected chi connectivity index (χ1v) is 9.11. The normalized spacial score (nSPS) is 23.2. The van der Waals surface area contributed by atoms with Gasteiger partial charge in [0.2, 0.25) is 5.91 Å². The van der Waals surface area contributed by atoms with Gasteiger partial charge in [-0.25, -0.2) is 0 Å². The van der Waals surface area contributed by atoms with E-state index < -0.39 is 0 Å². The van der Waals surface area contributed by atoms with E-state index in [2.05, 4.69) is 44.3 Å². The molecule has 2 aromatic rings. The van der Waals surface area contributed by atoms with Gasteiger partial charge in [-0.15, -0.1) is 5.10 Å². The highest BCUT2D eigenvalue weighted by Gasteiger charge is 2.45. The summed E-state index contributed by atoms with van der Waals surface area (Å²) >= 11 is 0. The lowest BCUT2D eigenvalue weighted by Gasteiger charge is -2.22. The molecule has 1 aromatic carbocycles. The molecule has 5 nitrogen and oxygen atoms in total. The van der Waals surface area contributed by atoms with E-state index in [0.29, 0.717) is 11.8 Å². The molecule has 5 heteroatoms. The second kappa shape index (κ2) is 6.82. The molecule has 4 rings (SSSR count). The van der Waals surface area contributed by atoms with Crippen molar-refractivity contribution in [2.24, 2.45) is 5.92 Å². The summed E-state index contributed by atoms with van der Waals surface area (Å²) in [5, 5.41) is 8.43. The van der Waals surface area contributed by atoms with E-state index in [0.717, 1.165) is 50.5 Å². The molecule has 1 amide bonds. The summed E-state index contributed by atoms with van der Waals surface area (Å²) in [5.41, 5.74) is 2.23. The van der Waals surface area contributed by atoms with Gasteiger partial charge in [-0.2, -0.15) is 5.10 Å². The quantitative estimate of drug-likeness (QED) is 0.864. The SMILES string of the molecule is Cc1ccc(N2CCCN(C(=O)[C@@H]3C[C@H]3c3ccccc3)CC2)nn1. The zero-order valence-electron chi connectivity index (χ0n) is 14.6. The number of nitrogens with zero attached hydrogens (tertiary/aromatic N) is 4. The van der Waals surface area contributed by atoms with E-state index in [9.17, 15) is 4.79 Å². The molecule has 1 saturated heterocycles. The Bertz CT molecular complexity index is 731. The standard InChI is InChI=1S/C20H24N4O/c1-15-8-9-19(22-21-15)23-10-5-11-24(13-12-23)20(25)18-14-17(18)16-6-3-2-4-7-16/h2-4,6-9,17-18H,5,10-14H2,1H3/t17-,18+/m0/s1. The molecule has 0 N–H and O–H groups in total. The number of hydrogen-bond acceptors (Lipinski definition) is 4. The van der Waals surface area contributed by atoms with Gasteiger partial charge in [0.1, 0.15) is 0 Å². The maximum atomic E-state index is 12.9. The van der Waals surface area contributed by atoms with Crippen LogP contribution in [0.25, 0.3) is 0 Å². The molecule has 2 fully saturated rings. The predicted octanol–water partition coefficient (Wildman–Crippen LogP) is 2.63. The van der Waals surface area contributed by atoms with Gasteiger partial charge in [-0.05, 0) is 43.4 Å². The number of aryl methyl sites for hydroxylation is 1. The Kier molecular flexibility index (Phi) is 4.38. The largest absolute Gasteiger partial charge is 0.353 e. The van der Waals surface area contributed by atoms with Crippen molar-refractivity contribution in [3.8, 4) is 0 Å². The van der Waals surface area contributed by atoms with Crippen LogP contribution in [0.5, 0.6) is 0 Å². The van der Waals surface area contributed by atoms with Crippen molar-refractivity contribution >= 4 is 11.7 Å². The van der Waals surface area contributed by atoms with Gasteiger partial charge in [0.05, 0.1) is 5.69 Å². The topological polar surface area (TPSA) is 49.3 Å². The summed E-state index contributed by atoms with van der Waals surface area (Å²) < 4.78 is 0. The zero-order chi connectivity index (χ0) is 17.2. The monoisotopic (exact) mass is 336 g/mol. The van der Waals surface area contributed by atoms with Crippen LogP contribution in [0.2, 0.25) is 0 Å². The molecule has 1 aliphatic carbocycles. The first-order chi connectivity index (χ1) is 12.2. The maximum Gasteiger partial charge on any atom is 0.226 e. The molecule has 0 spiro atoms. The van der Waals surface area contributed by atoms with Crippen LogP contribution in [-0.2, 0) is 4.79 Å². The highest BCUT2D eigenvalue weighted by atomic mass is 16.2. The number of amides is 1. The minimum Gasteiger partial charge on any atom is -0.353 e. The number of anilines is 1. The molecular formula is C20H24N4O. The van der Waals surface area contributed by atoms with Gasteiger partial charge in [0, 0.05) is 32.1 Å². The van der Waals surface area contributed by atoms with E-state index in [1.165, 1.54) is 5.56 Å². The molecule has 1 aliphatic heterocycles. The average molecular weight is 336 g/mol. The zero-order valence-corrected chi connectivity index (χ0v) is 14.6. The Morgan fingerprint density at radius 2 is 1.84 bits per heavy atom. The fraction of sp³-hybridized carbons (Fsp3) is 0.450. The number of aromatic nitrogens is 2. The van der Waals surface area contributed by atoms with Crippen LogP contribution in [0.1, 0.15) is 30.0 Å². The van der Waals surface area contributed by atoms with Gasteiger partial charge in [0.25, 0.3) is 0 Å². The lowest BCUT2D eigenvalue weighted by Crippen LogP contribution is -2.36. The Balaban J connectivity index is 1.36. The second-order valence-corrected chi connectivity index (χ2v) is 7.06. The molecule has 2 aliphatic rings. The van der Waals surface area contributed by atoms with Crippen molar-refractivity contribution in [3.63, 3.8) is 0 Å². The summed E-state index contributed by atoms with van der Waals surface area (Å²) in [7, 11) is 0. The summed E-state index contributed by atoms with van der Waals surface area (Å²) in [4.78, 5) is 17.2. The second-order valence-electron chi connectivity index (χ2n) is 7.06. The molecule has 130 valence electrons. The molecule has 2 heterocycles. The molecule has 1 saturated carbocycles. The van der Waals surface area contributed by atoms with Crippen molar-refractivity contribution in [2.75, 3.05) is 31.1 Å². The summed E-state index contributed by atoms with van der Waals surface area (Å²) in [6.07, 6.45) is 1.97. The van der Waals surface area contributed by atoms with Crippen LogP contribution in [0, 0.1) is 12.8 Å². The van der Waals surface area contributed by atoms with Crippen LogP contribution in [-0.4, -0.2) is 47.2 Å². The summed E-state index contributed by atoms with van der Waals surface area (Å²) in [6.45, 7) is 5.30. The Morgan fingerprint density at radius 1 is 1.00 bits per heavy atom. The van der Waals surface area contributed by atoms with Crippen molar-refractivity contribution in [3.05, 3.63) is 53.7 Å². The molecule has 0 unspecified atom stereocenters. The minimum atomic E-state index is 0.174.